The van der Waals surface area contributed by atoms with Crippen LogP contribution in [0, 0.1) is 5.92 Å². The fraction of sp³-hybridized carbons (Fsp3) is 0.333. The molecule has 0 saturated heterocycles. The molecule has 1 aliphatic carbocycles. The number of aromatic amines is 1. The molecule has 0 atom stereocenters. The molecule has 0 unspecified atom stereocenters. The predicted molar refractivity (Wildman–Crippen MR) is 134 cm³/mol. The molecular formula is C27H29N7O. The second kappa shape index (κ2) is 10.5. The van der Waals surface area contributed by atoms with Gasteiger partial charge in [-0.3, -0.25) is 4.79 Å². The molecule has 1 saturated carbocycles. The van der Waals surface area contributed by atoms with Crippen LogP contribution in [0.2, 0.25) is 0 Å². The van der Waals surface area contributed by atoms with Crippen molar-refractivity contribution in [1.82, 2.24) is 35.4 Å². The van der Waals surface area contributed by atoms with Gasteiger partial charge in [-0.05, 0) is 41.2 Å². The number of H-pyrrole nitrogens is 1. The van der Waals surface area contributed by atoms with Crippen molar-refractivity contribution >= 4 is 5.78 Å². The number of aryl methyl sites for hydroxylation is 1. The number of aromatic nitrogens is 7. The molecule has 0 aliphatic heterocycles. The van der Waals surface area contributed by atoms with Crippen LogP contribution in [0.5, 0.6) is 0 Å². The van der Waals surface area contributed by atoms with Crippen LogP contribution in [0.4, 0.5) is 0 Å². The number of hydrogen-bond donors (Lipinski definition) is 1. The van der Waals surface area contributed by atoms with Gasteiger partial charge in [0.05, 0.1) is 0 Å². The van der Waals surface area contributed by atoms with Gasteiger partial charge in [0.25, 0.3) is 0 Å². The molecule has 1 fully saturated rings. The summed E-state index contributed by atoms with van der Waals surface area (Å²) in [5.41, 5.74) is 4.13. The number of rotatable bonds is 9. The van der Waals surface area contributed by atoms with Gasteiger partial charge in [-0.1, -0.05) is 73.9 Å². The van der Waals surface area contributed by atoms with E-state index in [1.54, 1.807) is 0 Å². The minimum atomic E-state index is 0.0606. The summed E-state index contributed by atoms with van der Waals surface area (Å²) in [7, 11) is 0. The van der Waals surface area contributed by atoms with Gasteiger partial charge in [0.15, 0.2) is 0 Å². The molecule has 0 amide bonds. The monoisotopic (exact) mass is 467 g/mol. The molecule has 8 nitrogen and oxygen atoms in total. The van der Waals surface area contributed by atoms with Crippen molar-refractivity contribution in [2.45, 2.75) is 51.5 Å². The lowest BCUT2D eigenvalue weighted by molar-refractivity contribution is 0.0878. The van der Waals surface area contributed by atoms with Gasteiger partial charge in [-0.2, -0.15) is 5.21 Å². The molecule has 0 bridgehead atoms. The first-order valence-corrected chi connectivity index (χ1v) is 12.2. The van der Waals surface area contributed by atoms with Gasteiger partial charge in [-0.15, -0.1) is 21.9 Å². The number of nitrogens with one attached hydrogen (secondary N) is 1. The topological polar surface area (TPSA) is 102 Å². The van der Waals surface area contributed by atoms with Gasteiger partial charge >= 0.3 is 0 Å². The van der Waals surface area contributed by atoms with Crippen LogP contribution in [0.25, 0.3) is 22.5 Å². The van der Waals surface area contributed by atoms with E-state index in [0.717, 1.165) is 60.2 Å². The Balaban J connectivity index is 1.38. The lowest BCUT2D eigenvalue weighted by Gasteiger charge is -2.18. The molecule has 8 heteroatoms. The average molecular weight is 468 g/mol. The average Bonchev–Trinajstić information content (AvgIpc) is 3.59. The molecule has 2 heterocycles. The van der Waals surface area contributed by atoms with Gasteiger partial charge in [-0.25, -0.2) is 9.67 Å². The number of allylic oxidation sites excluding steroid dienone is 1. The van der Waals surface area contributed by atoms with Crippen LogP contribution in [-0.2, 0) is 13.0 Å². The molecule has 5 rings (SSSR count). The van der Waals surface area contributed by atoms with E-state index in [9.17, 15) is 4.79 Å². The highest BCUT2D eigenvalue weighted by molar-refractivity contribution is 5.94. The maximum Gasteiger partial charge on any atom is 0.217 e. The van der Waals surface area contributed by atoms with E-state index in [-0.39, 0.29) is 11.7 Å². The first-order chi connectivity index (χ1) is 17.2. The molecule has 178 valence electrons. The van der Waals surface area contributed by atoms with Gasteiger partial charge in [0.2, 0.25) is 17.4 Å². The third-order valence-electron chi connectivity index (χ3n) is 6.63. The molecule has 2 aromatic heterocycles. The summed E-state index contributed by atoms with van der Waals surface area (Å²) in [6, 6.07) is 16.4. The fourth-order valence-corrected chi connectivity index (χ4v) is 4.74. The summed E-state index contributed by atoms with van der Waals surface area (Å²) in [6.45, 7) is 4.49. The summed E-state index contributed by atoms with van der Waals surface area (Å²) in [5, 5.41) is 19.1. The van der Waals surface area contributed by atoms with Crippen LogP contribution in [0.15, 0.2) is 61.2 Å². The Labute approximate surface area is 204 Å². The maximum atomic E-state index is 13.0. The maximum absolute atomic E-state index is 13.0. The minimum Gasteiger partial charge on any atom is -0.290 e. The standard InChI is InChI=1S/C27H29N7O/c1-2-3-17-34-24(28-27(31-34)25(35)21-9-5-4-6-10-21)18-19-13-15-20(16-14-19)22-11-7-8-12-23(22)26-29-32-33-30-26/h2,7-8,11-16,21H,1,3-6,9-10,17-18H2,(H,29,30,32,33). The van der Waals surface area contributed by atoms with Crippen LogP contribution in [0.1, 0.15) is 60.5 Å². The largest absolute Gasteiger partial charge is 0.290 e. The van der Waals surface area contributed by atoms with Crippen LogP contribution < -0.4 is 0 Å². The first-order valence-electron chi connectivity index (χ1n) is 12.2. The van der Waals surface area contributed by atoms with Crippen LogP contribution in [0.3, 0.4) is 0 Å². The molecular weight excluding hydrogens is 438 g/mol. The third-order valence-corrected chi connectivity index (χ3v) is 6.63. The quantitative estimate of drug-likeness (QED) is 0.273. The third kappa shape index (κ3) is 5.11. The summed E-state index contributed by atoms with van der Waals surface area (Å²) >= 11 is 0. The van der Waals surface area contributed by atoms with Crippen LogP contribution in [-0.4, -0.2) is 41.2 Å². The Kier molecular flexibility index (Phi) is 6.88. The van der Waals surface area contributed by atoms with Crippen molar-refractivity contribution in [3.8, 4) is 22.5 Å². The lowest BCUT2D eigenvalue weighted by Crippen LogP contribution is -2.19. The number of Topliss-reactive ketones (excluding diaryl/α,β-unsaturated/α-hetero) is 1. The lowest BCUT2D eigenvalue weighted by atomic mass is 9.86. The second-order valence-electron chi connectivity index (χ2n) is 9.01. The van der Waals surface area contributed by atoms with E-state index in [4.69, 9.17) is 4.98 Å². The van der Waals surface area contributed by atoms with Crippen LogP contribution >= 0.6 is 0 Å². The second-order valence-corrected chi connectivity index (χ2v) is 9.01. The highest BCUT2D eigenvalue weighted by Gasteiger charge is 2.26. The van der Waals surface area contributed by atoms with Crippen molar-refractivity contribution in [3.63, 3.8) is 0 Å². The van der Waals surface area contributed by atoms with E-state index in [1.165, 1.54) is 6.42 Å². The van der Waals surface area contributed by atoms with E-state index in [2.05, 4.69) is 62.6 Å². The number of benzene rings is 2. The Morgan fingerprint density at radius 1 is 1.06 bits per heavy atom. The van der Waals surface area contributed by atoms with E-state index in [0.29, 0.717) is 24.6 Å². The highest BCUT2D eigenvalue weighted by Crippen LogP contribution is 2.30. The van der Waals surface area contributed by atoms with Gasteiger partial charge in [0.1, 0.15) is 5.82 Å². The summed E-state index contributed by atoms with van der Waals surface area (Å²) < 4.78 is 1.87. The molecule has 35 heavy (non-hydrogen) atoms. The number of hydrogen-bond acceptors (Lipinski definition) is 6. The Morgan fingerprint density at radius 2 is 1.83 bits per heavy atom. The normalized spacial score (nSPS) is 14.2. The zero-order valence-corrected chi connectivity index (χ0v) is 19.7. The summed E-state index contributed by atoms with van der Waals surface area (Å²) in [5.74, 6) is 1.89. The summed E-state index contributed by atoms with van der Waals surface area (Å²) in [6.07, 6.45) is 8.58. The van der Waals surface area contributed by atoms with Crippen molar-refractivity contribution in [3.05, 3.63) is 78.4 Å². The molecule has 4 aromatic rings. The number of nitrogens with zero attached hydrogens (tertiary/aromatic N) is 6. The SMILES string of the molecule is C=CCCn1nc(C(=O)C2CCCCC2)nc1Cc1ccc(-c2ccccc2-c2nn[nH]n2)cc1. The molecule has 1 N–H and O–H groups in total. The van der Waals surface area contributed by atoms with Crippen molar-refractivity contribution in [2.24, 2.45) is 5.92 Å². The first kappa shape index (κ1) is 22.8. The Bertz CT molecular complexity index is 1290. The molecule has 1 aliphatic rings. The number of tetrazole rings is 1. The Morgan fingerprint density at radius 3 is 2.54 bits per heavy atom. The van der Waals surface area contributed by atoms with Crippen molar-refractivity contribution in [2.75, 3.05) is 0 Å². The number of carbonyl (C=O) groups is 1. The zero-order valence-electron chi connectivity index (χ0n) is 19.7. The predicted octanol–water partition coefficient (Wildman–Crippen LogP) is 5.06. The minimum absolute atomic E-state index is 0.0606. The highest BCUT2D eigenvalue weighted by atomic mass is 16.1. The van der Waals surface area contributed by atoms with Gasteiger partial charge in [0, 0.05) is 24.4 Å². The fourth-order valence-electron chi connectivity index (χ4n) is 4.74. The smallest absolute Gasteiger partial charge is 0.217 e. The zero-order chi connectivity index (χ0) is 24.0. The molecule has 0 radical (unpaired) electrons. The molecule has 2 aromatic carbocycles. The van der Waals surface area contributed by atoms with Crippen molar-refractivity contribution < 1.29 is 4.79 Å². The van der Waals surface area contributed by atoms with E-state index in [1.807, 2.05) is 29.0 Å². The number of carbonyl (C=O) groups excluding carboxylic acids is 1. The van der Waals surface area contributed by atoms with Crippen molar-refractivity contribution in [1.29, 1.82) is 0 Å². The Hall–Kier alpha value is -3.94. The van der Waals surface area contributed by atoms with E-state index < -0.39 is 0 Å². The van der Waals surface area contributed by atoms with E-state index >= 15 is 0 Å². The molecule has 0 spiro atoms. The number of ketones is 1. The summed E-state index contributed by atoms with van der Waals surface area (Å²) in [4.78, 5) is 17.8. The van der Waals surface area contributed by atoms with Gasteiger partial charge < -0.3 is 0 Å².